The molecular formula is C24H35IN4O4. The Hall–Kier alpha value is -2.53. The first-order valence-corrected chi connectivity index (χ1v) is 10.7. The fourth-order valence-electron chi connectivity index (χ4n) is 2.93. The van der Waals surface area contributed by atoms with Crippen molar-refractivity contribution in [1.82, 2.24) is 10.6 Å². The number of halogens is 1. The van der Waals surface area contributed by atoms with Crippen LogP contribution in [0.4, 0.5) is 5.69 Å². The van der Waals surface area contributed by atoms with Gasteiger partial charge in [0.25, 0.3) is 0 Å². The summed E-state index contributed by atoms with van der Waals surface area (Å²) in [6, 6.07) is 13.5. The van der Waals surface area contributed by atoms with Gasteiger partial charge in [0.2, 0.25) is 5.91 Å². The van der Waals surface area contributed by atoms with Crippen molar-refractivity contribution in [1.29, 1.82) is 0 Å². The number of rotatable bonds is 12. The summed E-state index contributed by atoms with van der Waals surface area (Å²) in [5, 5.41) is 9.28. The number of aryl methyl sites for hydroxylation is 1. The van der Waals surface area contributed by atoms with Crippen LogP contribution in [-0.4, -0.2) is 52.4 Å². The largest absolute Gasteiger partial charge is 0.493 e. The van der Waals surface area contributed by atoms with Gasteiger partial charge < -0.3 is 30.2 Å². The Morgan fingerprint density at radius 2 is 1.85 bits per heavy atom. The zero-order valence-corrected chi connectivity index (χ0v) is 22.1. The molecule has 182 valence electrons. The second-order valence-electron chi connectivity index (χ2n) is 7.22. The zero-order valence-electron chi connectivity index (χ0n) is 19.8. The molecule has 9 heteroatoms. The van der Waals surface area contributed by atoms with Crippen LogP contribution in [0, 0.1) is 6.92 Å². The van der Waals surface area contributed by atoms with Crippen molar-refractivity contribution in [3.63, 3.8) is 0 Å². The molecule has 0 atom stereocenters. The van der Waals surface area contributed by atoms with Gasteiger partial charge in [0.1, 0.15) is 18.1 Å². The second-order valence-corrected chi connectivity index (χ2v) is 7.22. The van der Waals surface area contributed by atoms with Gasteiger partial charge in [-0.1, -0.05) is 18.2 Å². The molecule has 0 aliphatic rings. The van der Waals surface area contributed by atoms with Gasteiger partial charge in [-0.3, -0.25) is 9.79 Å². The Bertz CT molecular complexity index is 893. The van der Waals surface area contributed by atoms with Crippen LogP contribution in [0.3, 0.4) is 0 Å². The maximum absolute atomic E-state index is 11.2. The van der Waals surface area contributed by atoms with Crippen LogP contribution in [0.5, 0.6) is 11.5 Å². The van der Waals surface area contributed by atoms with Crippen LogP contribution in [0.2, 0.25) is 0 Å². The monoisotopic (exact) mass is 570 g/mol. The third kappa shape index (κ3) is 11.2. The number of ether oxygens (including phenoxy) is 3. The maximum atomic E-state index is 11.2. The quantitative estimate of drug-likeness (QED) is 0.156. The van der Waals surface area contributed by atoms with Gasteiger partial charge >= 0.3 is 0 Å². The summed E-state index contributed by atoms with van der Waals surface area (Å²) >= 11 is 0. The van der Waals surface area contributed by atoms with Crippen LogP contribution in [0.25, 0.3) is 0 Å². The predicted octanol–water partition coefficient (Wildman–Crippen LogP) is 3.73. The Labute approximate surface area is 213 Å². The molecule has 0 aliphatic carbocycles. The van der Waals surface area contributed by atoms with Crippen molar-refractivity contribution in [2.75, 3.05) is 45.8 Å². The highest BCUT2D eigenvalue weighted by Gasteiger charge is 2.06. The number of aliphatic imine (C=N–C) groups is 1. The molecule has 0 aromatic heterocycles. The predicted molar refractivity (Wildman–Crippen MR) is 143 cm³/mol. The highest BCUT2D eigenvalue weighted by atomic mass is 127. The van der Waals surface area contributed by atoms with Crippen molar-refractivity contribution in [2.24, 2.45) is 4.99 Å². The number of anilines is 1. The number of guanidine groups is 1. The highest BCUT2D eigenvalue weighted by Crippen LogP contribution is 2.20. The van der Waals surface area contributed by atoms with E-state index >= 15 is 0 Å². The minimum atomic E-state index is -0.115. The summed E-state index contributed by atoms with van der Waals surface area (Å²) < 4.78 is 16.8. The van der Waals surface area contributed by atoms with E-state index in [0.717, 1.165) is 23.3 Å². The lowest BCUT2D eigenvalue weighted by Gasteiger charge is -2.16. The molecule has 3 N–H and O–H groups in total. The van der Waals surface area contributed by atoms with E-state index in [4.69, 9.17) is 14.2 Å². The Morgan fingerprint density at radius 3 is 2.58 bits per heavy atom. The summed E-state index contributed by atoms with van der Waals surface area (Å²) in [4.78, 5) is 15.4. The van der Waals surface area contributed by atoms with E-state index in [1.165, 1.54) is 6.92 Å². The number of hydrogen-bond donors (Lipinski definition) is 3. The molecule has 0 spiro atoms. The first-order valence-electron chi connectivity index (χ1n) is 10.7. The summed E-state index contributed by atoms with van der Waals surface area (Å²) in [5.41, 5.74) is 2.92. The molecule has 0 radical (unpaired) electrons. The number of hydrogen-bond acceptors (Lipinski definition) is 5. The Balaban J connectivity index is 0.00000544. The molecule has 2 aromatic carbocycles. The second kappa shape index (κ2) is 16.1. The van der Waals surface area contributed by atoms with E-state index in [9.17, 15) is 4.79 Å². The summed E-state index contributed by atoms with van der Waals surface area (Å²) in [6.07, 6.45) is 0.842. The Morgan fingerprint density at radius 1 is 1.03 bits per heavy atom. The summed E-state index contributed by atoms with van der Waals surface area (Å²) in [5.74, 6) is 2.12. The van der Waals surface area contributed by atoms with Gasteiger partial charge in [0.05, 0.1) is 13.2 Å². The van der Waals surface area contributed by atoms with E-state index in [1.54, 1.807) is 20.2 Å². The number of carbonyl (C=O) groups excluding carboxylic acids is 1. The number of nitrogens with zero attached hydrogens (tertiary/aromatic N) is 1. The van der Waals surface area contributed by atoms with Gasteiger partial charge in [-0.2, -0.15) is 0 Å². The molecule has 0 saturated carbocycles. The van der Waals surface area contributed by atoms with Gasteiger partial charge in [0, 0.05) is 58.0 Å². The molecule has 0 heterocycles. The van der Waals surface area contributed by atoms with Gasteiger partial charge in [-0.25, -0.2) is 0 Å². The Kier molecular flexibility index (Phi) is 13.9. The summed E-state index contributed by atoms with van der Waals surface area (Å²) in [6.45, 7) is 6.40. The minimum absolute atomic E-state index is 0. The van der Waals surface area contributed by atoms with Crippen molar-refractivity contribution in [3.8, 4) is 11.5 Å². The van der Waals surface area contributed by atoms with Gasteiger partial charge in [0.15, 0.2) is 5.96 Å². The average molecular weight is 570 g/mol. The molecule has 1 amide bonds. The van der Waals surface area contributed by atoms with Crippen LogP contribution in [0.1, 0.15) is 24.5 Å². The minimum Gasteiger partial charge on any atom is -0.493 e. The standard InChI is InChI=1S/C24H34N4O4.HI/c1-18-9-10-20(23(15-18)32-13-6-12-30-4)17-27-24(25-3)26-11-14-31-22-8-5-7-21(16-22)28-19(2)29;/h5,7-10,15-16H,6,11-14,17H2,1-4H3,(H,28,29)(H2,25,26,27);1H. The summed E-state index contributed by atoms with van der Waals surface area (Å²) in [7, 11) is 3.42. The number of methoxy groups -OCH3 is 1. The molecule has 2 aromatic rings. The number of carbonyl (C=O) groups is 1. The number of benzene rings is 2. The molecule has 0 fully saturated rings. The third-order valence-corrected chi connectivity index (χ3v) is 4.46. The SMILES string of the molecule is CN=C(NCCOc1cccc(NC(C)=O)c1)NCc1ccc(C)cc1OCCCOC.I. The van der Waals surface area contributed by atoms with Crippen LogP contribution in [0.15, 0.2) is 47.5 Å². The molecule has 2 rings (SSSR count). The fraction of sp³-hybridized carbons (Fsp3) is 0.417. The smallest absolute Gasteiger partial charge is 0.221 e. The third-order valence-electron chi connectivity index (χ3n) is 4.46. The van der Waals surface area contributed by atoms with Gasteiger partial charge in [-0.15, -0.1) is 24.0 Å². The maximum Gasteiger partial charge on any atom is 0.221 e. The fourth-order valence-corrected chi connectivity index (χ4v) is 2.93. The molecule has 0 unspecified atom stereocenters. The number of nitrogens with one attached hydrogen (secondary N) is 3. The molecular weight excluding hydrogens is 535 g/mol. The molecule has 8 nitrogen and oxygen atoms in total. The van der Waals surface area contributed by atoms with Crippen molar-refractivity contribution in [2.45, 2.75) is 26.8 Å². The topological polar surface area (TPSA) is 93.2 Å². The van der Waals surface area contributed by atoms with Crippen molar-refractivity contribution < 1.29 is 19.0 Å². The normalized spacial score (nSPS) is 10.7. The van der Waals surface area contributed by atoms with Gasteiger partial charge in [-0.05, 0) is 30.7 Å². The zero-order chi connectivity index (χ0) is 23.2. The molecule has 0 bridgehead atoms. The molecule has 0 saturated heterocycles. The lowest BCUT2D eigenvalue weighted by molar-refractivity contribution is -0.114. The first kappa shape index (κ1) is 28.5. The van der Waals surface area contributed by atoms with Crippen molar-refractivity contribution in [3.05, 3.63) is 53.6 Å². The van der Waals surface area contributed by atoms with E-state index < -0.39 is 0 Å². The lowest BCUT2D eigenvalue weighted by atomic mass is 10.1. The van der Waals surface area contributed by atoms with E-state index in [1.807, 2.05) is 31.2 Å². The number of amides is 1. The van der Waals surface area contributed by atoms with Crippen molar-refractivity contribution >= 4 is 41.5 Å². The first-order chi connectivity index (χ1) is 15.5. The van der Waals surface area contributed by atoms with Crippen LogP contribution >= 0.6 is 24.0 Å². The van der Waals surface area contributed by atoms with E-state index in [-0.39, 0.29) is 29.9 Å². The van der Waals surface area contributed by atoms with E-state index in [0.29, 0.717) is 50.3 Å². The lowest BCUT2D eigenvalue weighted by Crippen LogP contribution is -2.39. The van der Waals surface area contributed by atoms with Crippen LogP contribution < -0.4 is 25.4 Å². The average Bonchev–Trinajstić information content (AvgIpc) is 2.77. The highest BCUT2D eigenvalue weighted by molar-refractivity contribution is 14.0. The molecule has 33 heavy (non-hydrogen) atoms. The van der Waals surface area contributed by atoms with Crippen LogP contribution in [-0.2, 0) is 16.1 Å². The molecule has 0 aliphatic heterocycles. The van der Waals surface area contributed by atoms with E-state index in [2.05, 4.69) is 33.1 Å².